The lowest BCUT2D eigenvalue weighted by Crippen LogP contribution is -2.28. The summed E-state index contributed by atoms with van der Waals surface area (Å²) in [4.78, 5) is 0. The van der Waals surface area contributed by atoms with E-state index >= 15 is 0 Å². The van der Waals surface area contributed by atoms with Gasteiger partial charge in [-0.3, -0.25) is 4.68 Å². The molecule has 20 heavy (non-hydrogen) atoms. The van der Waals surface area contributed by atoms with Crippen LogP contribution in [0.3, 0.4) is 0 Å². The molecule has 0 bridgehead atoms. The van der Waals surface area contributed by atoms with Crippen LogP contribution in [0.1, 0.15) is 57.3 Å². The zero-order chi connectivity index (χ0) is 14.4. The van der Waals surface area contributed by atoms with Crippen molar-refractivity contribution in [3.05, 3.63) is 17.5 Å². The number of hydrogen-bond donors (Lipinski definition) is 1. The molecule has 3 nitrogen and oxygen atoms in total. The first-order valence-corrected chi connectivity index (χ1v) is 9.20. The van der Waals surface area contributed by atoms with Crippen LogP contribution in [0.2, 0.25) is 0 Å². The van der Waals surface area contributed by atoms with Crippen molar-refractivity contribution in [2.75, 3.05) is 5.75 Å². The van der Waals surface area contributed by atoms with Gasteiger partial charge in [-0.15, -0.1) is 0 Å². The highest BCUT2D eigenvalue weighted by atomic mass is 32.2. The Hall–Kier alpha value is -0.480. The van der Waals surface area contributed by atoms with Crippen molar-refractivity contribution in [1.82, 2.24) is 9.78 Å². The third-order valence-electron chi connectivity index (χ3n) is 4.15. The first-order valence-electron chi connectivity index (χ1n) is 8.15. The molecule has 0 saturated heterocycles. The van der Waals surface area contributed by atoms with Crippen molar-refractivity contribution >= 4 is 11.8 Å². The number of thioether (sulfide) groups is 1. The predicted octanol–water partition coefficient (Wildman–Crippen LogP) is 3.40. The van der Waals surface area contributed by atoms with Gasteiger partial charge in [0, 0.05) is 35.7 Å². The van der Waals surface area contributed by atoms with Crippen molar-refractivity contribution in [2.45, 2.75) is 76.6 Å². The highest BCUT2D eigenvalue weighted by Crippen LogP contribution is 2.28. The lowest BCUT2D eigenvalue weighted by Gasteiger charge is -2.22. The molecule has 1 fully saturated rings. The van der Waals surface area contributed by atoms with Crippen LogP contribution in [0.25, 0.3) is 0 Å². The smallest absolute Gasteiger partial charge is 0.0624 e. The van der Waals surface area contributed by atoms with Crippen LogP contribution >= 0.6 is 11.8 Å². The van der Waals surface area contributed by atoms with Crippen molar-refractivity contribution in [3.63, 3.8) is 0 Å². The molecular formula is C16H29N3S. The van der Waals surface area contributed by atoms with Crippen LogP contribution < -0.4 is 5.73 Å². The zero-order valence-corrected chi connectivity index (χ0v) is 13.8. The van der Waals surface area contributed by atoms with Gasteiger partial charge in [0.05, 0.1) is 5.69 Å². The summed E-state index contributed by atoms with van der Waals surface area (Å²) in [7, 11) is 0. The standard InChI is InChI=1S/C16H29N3S/c1-3-14-11-15(19(4-2)18-14)10-13(17)12-20-16-8-6-5-7-9-16/h11,13,16H,3-10,12,17H2,1-2H3. The largest absolute Gasteiger partial charge is 0.327 e. The maximum Gasteiger partial charge on any atom is 0.0624 e. The topological polar surface area (TPSA) is 43.8 Å². The molecule has 1 unspecified atom stereocenters. The second-order valence-corrected chi connectivity index (χ2v) is 7.19. The van der Waals surface area contributed by atoms with Crippen LogP contribution in [0.4, 0.5) is 0 Å². The van der Waals surface area contributed by atoms with Crippen molar-refractivity contribution < 1.29 is 0 Å². The quantitative estimate of drug-likeness (QED) is 0.838. The van der Waals surface area contributed by atoms with E-state index in [4.69, 9.17) is 5.73 Å². The molecule has 1 aromatic rings. The Morgan fingerprint density at radius 1 is 1.35 bits per heavy atom. The summed E-state index contributed by atoms with van der Waals surface area (Å²) < 4.78 is 2.12. The van der Waals surface area contributed by atoms with E-state index in [1.165, 1.54) is 43.5 Å². The number of nitrogens with two attached hydrogens (primary N) is 1. The fourth-order valence-electron chi connectivity index (χ4n) is 2.94. The molecule has 0 aliphatic heterocycles. The Morgan fingerprint density at radius 3 is 2.75 bits per heavy atom. The Morgan fingerprint density at radius 2 is 2.10 bits per heavy atom. The summed E-state index contributed by atoms with van der Waals surface area (Å²) >= 11 is 2.10. The van der Waals surface area contributed by atoms with E-state index < -0.39 is 0 Å². The van der Waals surface area contributed by atoms with Gasteiger partial charge in [0.2, 0.25) is 0 Å². The average molecular weight is 295 g/mol. The molecule has 2 N–H and O–H groups in total. The fraction of sp³-hybridized carbons (Fsp3) is 0.812. The Kier molecular flexibility index (Phi) is 6.43. The van der Waals surface area contributed by atoms with E-state index in [1.54, 1.807) is 0 Å². The maximum absolute atomic E-state index is 6.34. The summed E-state index contributed by atoms with van der Waals surface area (Å²) in [5, 5.41) is 5.46. The van der Waals surface area contributed by atoms with Crippen LogP contribution in [0.5, 0.6) is 0 Å². The van der Waals surface area contributed by atoms with E-state index in [-0.39, 0.29) is 6.04 Å². The first-order chi connectivity index (χ1) is 9.72. The molecule has 114 valence electrons. The van der Waals surface area contributed by atoms with Gasteiger partial charge in [0.1, 0.15) is 0 Å². The molecule has 1 aromatic heterocycles. The summed E-state index contributed by atoms with van der Waals surface area (Å²) in [6, 6.07) is 2.49. The van der Waals surface area contributed by atoms with E-state index in [0.29, 0.717) is 0 Å². The molecule has 1 aliphatic carbocycles. The molecule has 2 rings (SSSR count). The number of aryl methyl sites for hydroxylation is 2. The van der Waals surface area contributed by atoms with Gasteiger partial charge in [0.15, 0.2) is 0 Å². The van der Waals surface area contributed by atoms with Crippen molar-refractivity contribution in [3.8, 4) is 0 Å². The number of rotatable bonds is 7. The second-order valence-electron chi connectivity index (χ2n) is 5.85. The SMILES string of the molecule is CCc1cc(CC(N)CSC2CCCCC2)n(CC)n1. The third-order valence-corrected chi connectivity index (χ3v) is 5.71. The van der Waals surface area contributed by atoms with Crippen molar-refractivity contribution in [2.24, 2.45) is 5.73 Å². The monoisotopic (exact) mass is 295 g/mol. The number of aromatic nitrogens is 2. The Labute approximate surface area is 127 Å². The van der Waals surface area contributed by atoms with Crippen LogP contribution in [0, 0.1) is 0 Å². The van der Waals surface area contributed by atoms with E-state index in [1.807, 2.05) is 0 Å². The lowest BCUT2D eigenvalue weighted by molar-refractivity contribution is 0.515. The minimum absolute atomic E-state index is 0.258. The number of hydrogen-bond acceptors (Lipinski definition) is 3. The van der Waals surface area contributed by atoms with Gasteiger partial charge in [-0.05, 0) is 32.3 Å². The molecule has 1 aliphatic rings. The van der Waals surface area contributed by atoms with Crippen LogP contribution in [-0.2, 0) is 19.4 Å². The molecule has 0 spiro atoms. The lowest BCUT2D eigenvalue weighted by atomic mass is 10.0. The molecule has 1 atom stereocenters. The molecule has 0 radical (unpaired) electrons. The Bertz CT molecular complexity index is 396. The molecule has 0 aromatic carbocycles. The summed E-state index contributed by atoms with van der Waals surface area (Å²) in [5.41, 5.74) is 8.83. The molecule has 1 heterocycles. The highest BCUT2D eigenvalue weighted by molar-refractivity contribution is 7.99. The van der Waals surface area contributed by atoms with Gasteiger partial charge in [-0.1, -0.05) is 26.2 Å². The zero-order valence-electron chi connectivity index (χ0n) is 13.0. The first kappa shape index (κ1) is 15.9. The van der Waals surface area contributed by atoms with Gasteiger partial charge in [-0.2, -0.15) is 16.9 Å². The highest BCUT2D eigenvalue weighted by Gasteiger charge is 2.16. The normalized spacial score (nSPS) is 18.4. The fourth-order valence-corrected chi connectivity index (χ4v) is 4.25. The van der Waals surface area contributed by atoms with Gasteiger partial charge in [-0.25, -0.2) is 0 Å². The van der Waals surface area contributed by atoms with Gasteiger partial charge >= 0.3 is 0 Å². The summed E-state index contributed by atoms with van der Waals surface area (Å²) in [5.74, 6) is 1.08. The number of nitrogens with zero attached hydrogens (tertiary/aromatic N) is 2. The maximum atomic E-state index is 6.34. The average Bonchev–Trinajstić information content (AvgIpc) is 2.88. The van der Waals surface area contributed by atoms with Gasteiger partial charge in [0.25, 0.3) is 0 Å². The summed E-state index contributed by atoms with van der Waals surface area (Å²) in [6.45, 7) is 5.25. The van der Waals surface area contributed by atoms with Crippen LogP contribution in [-0.4, -0.2) is 26.8 Å². The van der Waals surface area contributed by atoms with E-state index in [2.05, 4.69) is 41.5 Å². The third kappa shape index (κ3) is 4.52. The minimum Gasteiger partial charge on any atom is -0.327 e. The Balaban J connectivity index is 1.81. The molecular weight excluding hydrogens is 266 g/mol. The summed E-state index contributed by atoms with van der Waals surface area (Å²) in [6.07, 6.45) is 9.00. The van der Waals surface area contributed by atoms with Gasteiger partial charge < -0.3 is 5.73 Å². The van der Waals surface area contributed by atoms with Crippen LogP contribution in [0.15, 0.2) is 6.07 Å². The van der Waals surface area contributed by atoms with E-state index in [9.17, 15) is 0 Å². The minimum atomic E-state index is 0.258. The van der Waals surface area contributed by atoms with E-state index in [0.717, 1.165) is 30.4 Å². The molecule has 1 saturated carbocycles. The molecule has 0 amide bonds. The van der Waals surface area contributed by atoms with Crippen molar-refractivity contribution in [1.29, 1.82) is 0 Å². The predicted molar refractivity (Wildman–Crippen MR) is 88.3 cm³/mol. The molecule has 4 heteroatoms. The second kappa shape index (κ2) is 8.08.